The van der Waals surface area contributed by atoms with Gasteiger partial charge < -0.3 is 4.43 Å². The van der Waals surface area contributed by atoms with Crippen LogP contribution in [0.4, 0.5) is 0 Å². The quantitative estimate of drug-likeness (QED) is 0.213. The predicted octanol–water partition coefficient (Wildman–Crippen LogP) is 9.37. The van der Waals surface area contributed by atoms with Crippen molar-refractivity contribution < 1.29 is 4.43 Å². The van der Waals surface area contributed by atoms with Crippen molar-refractivity contribution in [3.63, 3.8) is 0 Å². The maximum Gasteiger partial charge on any atom is 0.191 e. The Morgan fingerprint density at radius 2 is 1.32 bits per heavy atom. The number of benzene rings is 3. The van der Waals surface area contributed by atoms with E-state index in [2.05, 4.69) is 143 Å². The summed E-state index contributed by atoms with van der Waals surface area (Å²) in [6, 6.07) is 32.1. The van der Waals surface area contributed by atoms with E-state index < -0.39 is 8.32 Å². The molecule has 0 spiro atoms. The lowest BCUT2D eigenvalue weighted by Gasteiger charge is -2.36. The van der Waals surface area contributed by atoms with Crippen LogP contribution in [-0.2, 0) is 4.43 Å². The van der Waals surface area contributed by atoms with E-state index in [0.29, 0.717) is 0 Å². The Labute approximate surface area is 208 Å². The van der Waals surface area contributed by atoms with Gasteiger partial charge in [-0.2, -0.15) is 0 Å². The molecule has 0 saturated carbocycles. The molecule has 1 nitrogen and oxygen atoms in total. The highest BCUT2D eigenvalue weighted by molar-refractivity contribution is 6.74. The summed E-state index contributed by atoms with van der Waals surface area (Å²) < 4.78 is 6.50. The monoisotopic (exact) mass is 468 g/mol. The van der Waals surface area contributed by atoms with E-state index in [1.54, 1.807) is 0 Å². The molecule has 2 heteroatoms. The molecule has 3 aromatic rings. The van der Waals surface area contributed by atoms with E-state index in [-0.39, 0.29) is 11.0 Å². The van der Waals surface area contributed by atoms with Gasteiger partial charge in [-0.25, -0.2) is 0 Å². The second kappa shape index (κ2) is 12.1. The predicted molar refractivity (Wildman–Crippen MR) is 151 cm³/mol. The molecule has 0 bridgehead atoms. The normalized spacial score (nSPS) is 13.9. The molecule has 3 aromatic carbocycles. The largest absolute Gasteiger partial charge is 0.417 e. The first-order valence-electron chi connectivity index (χ1n) is 12.4. The first-order valence-corrected chi connectivity index (χ1v) is 15.3. The van der Waals surface area contributed by atoms with Crippen molar-refractivity contribution in [2.45, 2.75) is 57.7 Å². The fraction of sp³-hybridized carbons (Fsp3) is 0.312. The number of hydrogen-bond donors (Lipinski definition) is 0. The molecule has 0 N–H and O–H groups in total. The van der Waals surface area contributed by atoms with Crippen LogP contribution in [0.2, 0.25) is 18.1 Å². The number of hydrogen-bond acceptors (Lipinski definition) is 1. The fourth-order valence-electron chi connectivity index (χ4n) is 3.78. The van der Waals surface area contributed by atoms with Crippen LogP contribution in [-0.4, -0.2) is 14.9 Å². The second-order valence-corrected chi connectivity index (χ2v) is 15.3. The first kappa shape index (κ1) is 25.9. The smallest absolute Gasteiger partial charge is 0.191 e. The highest BCUT2D eigenvalue weighted by Gasteiger charge is 2.36. The van der Waals surface area contributed by atoms with E-state index in [0.717, 1.165) is 19.4 Å². The Balaban J connectivity index is 1.88. The van der Waals surface area contributed by atoms with Gasteiger partial charge in [-0.1, -0.05) is 136 Å². The van der Waals surface area contributed by atoms with Crippen LogP contribution in [0.15, 0.2) is 103 Å². The molecule has 0 saturated heterocycles. The Morgan fingerprint density at radius 3 is 1.88 bits per heavy atom. The van der Waals surface area contributed by atoms with Gasteiger partial charge in [-0.3, -0.25) is 0 Å². The van der Waals surface area contributed by atoms with Crippen molar-refractivity contribution in [3.8, 4) is 0 Å². The molecule has 1 unspecified atom stereocenters. The summed E-state index contributed by atoms with van der Waals surface area (Å²) in [6.07, 6.45) is 9.01. The van der Waals surface area contributed by atoms with Crippen LogP contribution in [0.3, 0.4) is 0 Å². The molecule has 1 atom stereocenters. The van der Waals surface area contributed by atoms with E-state index in [1.165, 1.54) is 22.3 Å². The zero-order valence-electron chi connectivity index (χ0n) is 21.5. The molecule has 34 heavy (non-hydrogen) atoms. The summed E-state index contributed by atoms with van der Waals surface area (Å²) in [6.45, 7) is 12.4. The molecule has 0 heterocycles. The van der Waals surface area contributed by atoms with Crippen LogP contribution >= 0.6 is 0 Å². The summed E-state index contributed by atoms with van der Waals surface area (Å²) in [5.41, 5.74) is 5.21. The van der Waals surface area contributed by atoms with E-state index in [4.69, 9.17) is 4.43 Å². The van der Waals surface area contributed by atoms with Crippen LogP contribution < -0.4 is 0 Å². The Kier molecular flexibility index (Phi) is 9.26. The third kappa shape index (κ3) is 7.68. The Hall–Kier alpha value is -2.68. The summed E-state index contributed by atoms with van der Waals surface area (Å²) >= 11 is 0. The molecule has 0 fully saturated rings. The van der Waals surface area contributed by atoms with Gasteiger partial charge in [0.2, 0.25) is 0 Å². The van der Waals surface area contributed by atoms with Crippen LogP contribution in [0.25, 0.3) is 12.2 Å². The molecule has 178 valence electrons. The minimum absolute atomic E-state index is 0.217. The maximum atomic E-state index is 6.50. The average molecular weight is 469 g/mol. The highest BCUT2D eigenvalue weighted by Crippen LogP contribution is 2.37. The Morgan fingerprint density at radius 1 is 0.794 bits per heavy atom. The van der Waals surface area contributed by atoms with Gasteiger partial charge in [-0.05, 0) is 47.7 Å². The van der Waals surface area contributed by atoms with E-state index >= 15 is 0 Å². The standard InChI is InChI=1S/C32H40OSi/c1-32(2,3)34(4,5)33-25-15-22-30(26-28-18-11-7-12-19-28)31(29-20-13-8-14-21-29)24-23-27-16-9-6-10-17-27/h6-14,16-21,23-24,26,31H,15,22,25H2,1-5H3/b24-23+,30-26?. The van der Waals surface area contributed by atoms with Crippen molar-refractivity contribution >= 4 is 20.5 Å². The van der Waals surface area contributed by atoms with E-state index in [1.807, 2.05) is 0 Å². The van der Waals surface area contributed by atoms with Gasteiger partial charge in [0.1, 0.15) is 0 Å². The molecule has 0 amide bonds. The summed E-state index contributed by atoms with van der Waals surface area (Å²) in [4.78, 5) is 0. The lowest BCUT2D eigenvalue weighted by molar-refractivity contribution is 0.282. The third-order valence-corrected chi connectivity index (χ3v) is 11.4. The van der Waals surface area contributed by atoms with Gasteiger partial charge in [0, 0.05) is 12.5 Å². The lowest BCUT2D eigenvalue weighted by Crippen LogP contribution is -2.40. The molecular formula is C32H40OSi. The number of rotatable bonds is 10. The zero-order chi connectivity index (χ0) is 24.4. The van der Waals surface area contributed by atoms with Crippen molar-refractivity contribution in [1.82, 2.24) is 0 Å². The van der Waals surface area contributed by atoms with Gasteiger partial charge in [0.05, 0.1) is 0 Å². The topological polar surface area (TPSA) is 9.23 Å². The second-order valence-electron chi connectivity index (χ2n) is 10.5. The average Bonchev–Trinajstić information content (AvgIpc) is 2.83. The SMILES string of the molecule is CC(C)(C)[Si](C)(C)OCCCC(=Cc1ccccc1)C(/C=C/c1ccccc1)c1ccccc1. The van der Waals surface area contributed by atoms with Crippen molar-refractivity contribution in [2.24, 2.45) is 0 Å². The van der Waals surface area contributed by atoms with Crippen molar-refractivity contribution in [1.29, 1.82) is 0 Å². The third-order valence-electron chi connectivity index (χ3n) is 6.87. The molecule has 0 aliphatic rings. The molecule has 0 radical (unpaired) electrons. The van der Waals surface area contributed by atoms with Gasteiger partial charge in [0.15, 0.2) is 8.32 Å². The zero-order valence-corrected chi connectivity index (χ0v) is 22.5. The maximum absolute atomic E-state index is 6.50. The lowest BCUT2D eigenvalue weighted by atomic mass is 9.86. The van der Waals surface area contributed by atoms with Crippen molar-refractivity contribution in [2.75, 3.05) is 6.61 Å². The molecule has 0 aliphatic heterocycles. The molecular weight excluding hydrogens is 428 g/mol. The number of allylic oxidation sites excluding steroid dienone is 2. The summed E-state index contributed by atoms with van der Waals surface area (Å²) in [5, 5.41) is 0.237. The van der Waals surface area contributed by atoms with Crippen LogP contribution in [0.1, 0.15) is 56.2 Å². The Bertz CT molecular complexity index is 1040. The minimum Gasteiger partial charge on any atom is -0.417 e. The minimum atomic E-state index is -1.73. The summed E-state index contributed by atoms with van der Waals surface area (Å²) in [7, 11) is -1.73. The summed E-state index contributed by atoms with van der Waals surface area (Å²) in [5.74, 6) is 0.217. The molecule has 0 aliphatic carbocycles. The van der Waals surface area contributed by atoms with Crippen LogP contribution in [0.5, 0.6) is 0 Å². The first-order chi connectivity index (χ1) is 16.3. The van der Waals surface area contributed by atoms with Gasteiger partial charge >= 0.3 is 0 Å². The van der Waals surface area contributed by atoms with Gasteiger partial charge in [0.25, 0.3) is 0 Å². The van der Waals surface area contributed by atoms with Crippen molar-refractivity contribution in [3.05, 3.63) is 119 Å². The fourth-order valence-corrected chi connectivity index (χ4v) is 4.87. The van der Waals surface area contributed by atoms with Crippen LogP contribution in [0, 0.1) is 0 Å². The van der Waals surface area contributed by atoms with Gasteiger partial charge in [-0.15, -0.1) is 0 Å². The molecule has 0 aromatic heterocycles. The van der Waals surface area contributed by atoms with E-state index in [9.17, 15) is 0 Å². The highest BCUT2D eigenvalue weighted by atomic mass is 28.4. The molecule has 3 rings (SSSR count).